The van der Waals surface area contributed by atoms with Gasteiger partial charge in [0.2, 0.25) is 5.91 Å². The fourth-order valence-electron chi connectivity index (χ4n) is 2.19. The molecule has 1 saturated heterocycles. The van der Waals surface area contributed by atoms with Gasteiger partial charge in [0.25, 0.3) is 5.91 Å². The minimum absolute atomic E-state index is 0.0223. The lowest BCUT2D eigenvalue weighted by atomic mass is 10.2. The molecule has 1 aromatic carbocycles. The Labute approximate surface area is 110 Å². The predicted octanol–water partition coefficient (Wildman–Crippen LogP) is 0.758. The molecule has 1 fully saturated rings. The van der Waals surface area contributed by atoms with Crippen molar-refractivity contribution >= 4 is 17.5 Å². The lowest BCUT2D eigenvalue weighted by Gasteiger charge is -2.17. The third-order valence-electron chi connectivity index (χ3n) is 3.13. The first-order valence-electron chi connectivity index (χ1n) is 6.09. The summed E-state index contributed by atoms with van der Waals surface area (Å²) in [4.78, 5) is 24.7. The van der Waals surface area contributed by atoms with E-state index in [0.717, 1.165) is 6.07 Å². The van der Waals surface area contributed by atoms with Gasteiger partial charge in [0.15, 0.2) is 0 Å². The Bertz CT molecular complexity index is 519. The molecule has 5 nitrogen and oxygen atoms in total. The molecule has 0 aliphatic carbocycles. The largest absolute Gasteiger partial charge is 0.396 e. The van der Waals surface area contributed by atoms with Crippen LogP contribution in [0, 0.1) is 5.82 Å². The Kier molecular flexibility index (Phi) is 3.69. The Morgan fingerprint density at radius 1 is 1.47 bits per heavy atom. The Morgan fingerprint density at radius 2 is 2.21 bits per heavy atom. The average molecular weight is 265 g/mol. The van der Waals surface area contributed by atoms with Gasteiger partial charge in [0.1, 0.15) is 5.82 Å². The topological polar surface area (TPSA) is 75.4 Å². The number of carbonyl (C=O) groups is 2. The van der Waals surface area contributed by atoms with Crippen molar-refractivity contribution in [3.05, 3.63) is 29.6 Å². The Morgan fingerprint density at radius 3 is 2.84 bits per heavy atom. The summed E-state index contributed by atoms with van der Waals surface area (Å²) in [6.45, 7) is 2.44. The van der Waals surface area contributed by atoms with E-state index in [9.17, 15) is 14.0 Å². The molecule has 6 heteroatoms. The minimum atomic E-state index is -0.594. The summed E-state index contributed by atoms with van der Waals surface area (Å²) >= 11 is 0. The molecule has 2 rings (SSSR count). The van der Waals surface area contributed by atoms with E-state index in [2.05, 4.69) is 5.32 Å². The highest BCUT2D eigenvalue weighted by Crippen LogP contribution is 2.17. The average Bonchev–Trinajstić information content (AvgIpc) is 2.79. The van der Waals surface area contributed by atoms with Crippen molar-refractivity contribution in [3.63, 3.8) is 0 Å². The molecule has 102 valence electrons. The SMILES string of the molecule is CC(=O)NC1CCN(C(=O)c2ccc(N)c(F)c2)C1. The van der Waals surface area contributed by atoms with Gasteiger partial charge in [-0.15, -0.1) is 0 Å². The van der Waals surface area contributed by atoms with Crippen LogP contribution in [0.1, 0.15) is 23.7 Å². The first kappa shape index (κ1) is 13.3. The zero-order valence-corrected chi connectivity index (χ0v) is 10.6. The number of hydrogen-bond donors (Lipinski definition) is 2. The molecule has 1 aromatic rings. The van der Waals surface area contributed by atoms with E-state index < -0.39 is 5.82 Å². The number of carbonyl (C=O) groups excluding carboxylic acids is 2. The molecule has 19 heavy (non-hydrogen) atoms. The van der Waals surface area contributed by atoms with Crippen LogP contribution in [0.4, 0.5) is 10.1 Å². The van der Waals surface area contributed by atoms with E-state index in [1.54, 1.807) is 4.90 Å². The maximum atomic E-state index is 13.3. The third-order valence-corrected chi connectivity index (χ3v) is 3.13. The molecule has 1 heterocycles. The van der Waals surface area contributed by atoms with Crippen molar-refractivity contribution < 1.29 is 14.0 Å². The van der Waals surface area contributed by atoms with Gasteiger partial charge in [-0.2, -0.15) is 0 Å². The van der Waals surface area contributed by atoms with Crippen molar-refractivity contribution in [1.82, 2.24) is 10.2 Å². The van der Waals surface area contributed by atoms with Crippen LogP contribution in [0.5, 0.6) is 0 Å². The molecule has 0 spiro atoms. The highest BCUT2D eigenvalue weighted by Gasteiger charge is 2.27. The molecule has 0 radical (unpaired) electrons. The van der Waals surface area contributed by atoms with Gasteiger partial charge < -0.3 is 16.0 Å². The van der Waals surface area contributed by atoms with Gasteiger partial charge in [0.05, 0.1) is 5.69 Å². The second-order valence-corrected chi connectivity index (χ2v) is 4.67. The van der Waals surface area contributed by atoms with Crippen molar-refractivity contribution in [2.75, 3.05) is 18.8 Å². The van der Waals surface area contributed by atoms with Crippen LogP contribution in [-0.2, 0) is 4.79 Å². The summed E-state index contributed by atoms with van der Waals surface area (Å²) in [6.07, 6.45) is 0.711. The van der Waals surface area contributed by atoms with Crippen molar-refractivity contribution in [2.24, 2.45) is 0 Å². The van der Waals surface area contributed by atoms with Crippen molar-refractivity contribution in [2.45, 2.75) is 19.4 Å². The number of hydrogen-bond acceptors (Lipinski definition) is 3. The Balaban J connectivity index is 2.04. The molecule has 0 saturated carbocycles. The summed E-state index contributed by atoms with van der Waals surface area (Å²) in [7, 11) is 0. The van der Waals surface area contributed by atoms with Crippen LogP contribution in [-0.4, -0.2) is 35.8 Å². The van der Waals surface area contributed by atoms with Gasteiger partial charge in [-0.05, 0) is 24.6 Å². The zero-order valence-electron chi connectivity index (χ0n) is 10.6. The van der Waals surface area contributed by atoms with E-state index in [-0.39, 0.29) is 29.1 Å². The number of nitrogens with zero attached hydrogens (tertiary/aromatic N) is 1. The fourth-order valence-corrected chi connectivity index (χ4v) is 2.19. The molecule has 1 atom stereocenters. The van der Waals surface area contributed by atoms with E-state index in [0.29, 0.717) is 19.5 Å². The molecular weight excluding hydrogens is 249 g/mol. The van der Waals surface area contributed by atoms with Crippen LogP contribution in [0.25, 0.3) is 0 Å². The van der Waals surface area contributed by atoms with Crippen LogP contribution >= 0.6 is 0 Å². The molecule has 0 aromatic heterocycles. The number of rotatable bonds is 2. The monoisotopic (exact) mass is 265 g/mol. The van der Waals surface area contributed by atoms with Crippen LogP contribution in [0.2, 0.25) is 0 Å². The number of nitrogens with two attached hydrogens (primary N) is 1. The predicted molar refractivity (Wildman–Crippen MR) is 68.9 cm³/mol. The number of benzene rings is 1. The second-order valence-electron chi connectivity index (χ2n) is 4.67. The van der Waals surface area contributed by atoms with Crippen LogP contribution < -0.4 is 11.1 Å². The second kappa shape index (κ2) is 5.26. The molecule has 3 N–H and O–H groups in total. The summed E-state index contributed by atoms with van der Waals surface area (Å²) in [6, 6.07) is 4.00. The summed E-state index contributed by atoms with van der Waals surface area (Å²) in [5, 5.41) is 2.77. The van der Waals surface area contributed by atoms with Gasteiger partial charge >= 0.3 is 0 Å². The standard InChI is InChI=1S/C13H16FN3O2/c1-8(18)16-10-4-5-17(7-10)13(19)9-2-3-12(15)11(14)6-9/h2-3,6,10H,4-5,7,15H2,1H3,(H,16,18). The highest BCUT2D eigenvalue weighted by molar-refractivity contribution is 5.94. The van der Waals surface area contributed by atoms with Gasteiger partial charge in [-0.1, -0.05) is 0 Å². The Hall–Kier alpha value is -2.11. The molecule has 2 amide bonds. The van der Waals surface area contributed by atoms with Crippen LogP contribution in [0.3, 0.4) is 0 Å². The molecule has 1 aliphatic rings. The maximum Gasteiger partial charge on any atom is 0.254 e. The van der Waals surface area contributed by atoms with Crippen molar-refractivity contribution in [1.29, 1.82) is 0 Å². The first-order valence-corrected chi connectivity index (χ1v) is 6.09. The summed E-state index contributed by atoms with van der Waals surface area (Å²) in [5.74, 6) is -0.951. The smallest absolute Gasteiger partial charge is 0.254 e. The number of anilines is 1. The molecule has 0 bridgehead atoms. The third kappa shape index (κ3) is 3.01. The molecule has 1 unspecified atom stereocenters. The number of nitrogen functional groups attached to an aromatic ring is 1. The number of likely N-dealkylation sites (tertiary alicyclic amines) is 1. The van der Waals surface area contributed by atoms with E-state index in [1.807, 2.05) is 0 Å². The van der Waals surface area contributed by atoms with E-state index in [4.69, 9.17) is 5.73 Å². The number of amides is 2. The molecule has 1 aliphatic heterocycles. The van der Waals surface area contributed by atoms with E-state index in [1.165, 1.54) is 19.1 Å². The fraction of sp³-hybridized carbons (Fsp3) is 0.385. The minimum Gasteiger partial charge on any atom is -0.396 e. The van der Waals surface area contributed by atoms with Gasteiger partial charge in [-0.25, -0.2) is 4.39 Å². The summed E-state index contributed by atoms with van der Waals surface area (Å²) < 4.78 is 13.3. The zero-order chi connectivity index (χ0) is 14.0. The quantitative estimate of drug-likeness (QED) is 0.775. The lowest BCUT2D eigenvalue weighted by molar-refractivity contribution is -0.119. The molecular formula is C13H16FN3O2. The van der Waals surface area contributed by atoms with E-state index >= 15 is 0 Å². The lowest BCUT2D eigenvalue weighted by Crippen LogP contribution is -2.37. The number of nitrogens with one attached hydrogen (secondary N) is 1. The summed E-state index contributed by atoms with van der Waals surface area (Å²) in [5.41, 5.74) is 5.67. The maximum absolute atomic E-state index is 13.3. The number of halogens is 1. The van der Waals surface area contributed by atoms with Crippen LogP contribution in [0.15, 0.2) is 18.2 Å². The normalized spacial score (nSPS) is 18.4. The van der Waals surface area contributed by atoms with Gasteiger partial charge in [0, 0.05) is 31.6 Å². The van der Waals surface area contributed by atoms with Gasteiger partial charge in [-0.3, -0.25) is 9.59 Å². The van der Waals surface area contributed by atoms with Crippen molar-refractivity contribution in [3.8, 4) is 0 Å². The highest BCUT2D eigenvalue weighted by atomic mass is 19.1. The first-order chi connectivity index (χ1) is 8.97.